The Kier molecular flexibility index (Phi) is 9.62. The molecule has 0 atom stereocenters. The third-order valence-corrected chi connectivity index (χ3v) is 6.20. The van der Waals surface area contributed by atoms with Crippen LogP contribution in [-0.4, -0.2) is 14.6 Å². The smallest absolute Gasteiger partial charge is 0.154 e. The average molecular weight is 396 g/mol. The first kappa shape index (κ1) is 21.9. The number of rotatable bonds is 16. The standard InChI is InChI=1S/C26H41N3/c1-2-3-4-5-6-7-8-9-10-11-12-13-14-15-16-19-23-22-26-27-24-20-17-18-21-25(24)29(26)28-23/h17-18,20-22,28H,2-16,19H2,1H3. The van der Waals surface area contributed by atoms with Crippen LogP contribution in [-0.2, 0) is 6.42 Å². The van der Waals surface area contributed by atoms with E-state index >= 15 is 0 Å². The maximum Gasteiger partial charge on any atom is 0.154 e. The minimum atomic E-state index is 1.04. The lowest BCUT2D eigenvalue weighted by atomic mass is 10.0. The molecule has 3 aromatic rings. The minimum absolute atomic E-state index is 1.04. The molecule has 0 unspecified atom stereocenters. The number of para-hydroxylation sites is 2. The number of H-pyrrole nitrogens is 1. The van der Waals surface area contributed by atoms with Crippen molar-refractivity contribution < 1.29 is 0 Å². The third kappa shape index (κ3) is 7.21. The van der Waals surface area contributed by atoms with Gasteiger partial charge < -0.3 is 0 Å². The molecule has 0 aliphatic carbocycles. The SMILES string of the molecule is CCCCCCCCCCCCCCCCCc1cc2nc3ccccc3n2[nH]1. The van der Waals surface area contributed by atoms with E-state index in [1.807, 2.05) is 6.07 Å². The van der Waals surface area contributed by atoms with E-state index in [1.165, 1.54) is 108 Å². The summed E-state index contributed by atoms with van der Waals surface area (Å²) >= 11 is 0. The Morgan fingerprint density at radius 1 is 0.724 bits per heavy atom. The summed E-state index contributed by atoms with van der Waals surface area (Å²) in [5, 5.41) is 3.52. The van der Waals surface area contributed by atoms with Gasteiger partial charge in [0.05, 0.1) is 11.0 Å². The second kappa shape index (κ2) is 12.7. The summed E-state index contributed by atoms with van der Waals surface area (Å²) in [5.74, 6) is 0. The van der Waals surface area contributed by atoms with Crippen LogP contribution in [0.5, 0.6) is 0 Å². The third-order valence-electron chi connectivity index (χ3n) is 6.20. The van der Waals surface area contributed by atoms with Gasteiger partial charge in [-0.2, -0.15) is 0 Å². The molecule has 3 rings (SSSR count). The normalized spacial score (nSPS) is 11.8. The van der Waals surface area contributed by atoms with Gasteiger partial charge in [0.25, 0.3) is 0 Å². The van der Waals surface area contributed by atoms with Crippen LogP contribution in [0.3, 0.4) is 0 Å². The molecule has 3 heteroatoms. The molecule has 2 heterocycles. The molecule has 2 aromatic heterocycles. The number of hydrogen-bond acceptors (Lipinski definition) is 1. The van der Waals surface area contributed by atoms with Crippen LogP contribution < -0.4 is 0 Å². The van der Waals surface area contributed by atoms with Crippen molar-refractivity contribution in [2.75, 3.05) is 0 Å². The first-order chi connectivity index (χ1) is 14.4. The molecular weight excluding hydrogens is 354 g/mol. The van der Waals surface area contributed by atoms with Crippen LogP contribution in [0.25, 0.3) is 16.7 Å². The zero-order valence-electron chi connectivity index (χ0n) is 18.6. The number of benzene rings is 1. The zero-order valence-corrected chi connectivity index (χ0v) is 18.6. The highest BCUT2D eigenvalue weighted by Gasteiger charge is 2.07. The lowest BCUT2D eigenvalue weighted by molar-refractivity contribution is 0.532. The van der Waals surface area contributed by atoms with Gasteiger partial charge in [0.1, 0.15) is 0 Å². The summed E-state index contributed by atoms with van der Waals surface area (Å²) in [6.07, 6.45) is 22.4. The second-order valence-electron chi connectivity index (χ2n) is 8.78. The fraction of sp³-hybridized carbons (Fsp3) is 0.654. The predicted octanol–water partition coefficient (Wildman–Crippen LogP) is 8.23. The van der Waals surface area contributed by atoms with Crippen molar-refractivity contribution in [2.45, 2.75) is 110 Å². The summed E-state index contributed by atoms with van der Waals surface area (Å²) < 4.78 is 2.12. The number of hydrogen-bond donors (Lipinski definition) is 1. The van der Waals surface area contributed by atoms with Gasteiger partial charge in [0.15, 0.2) is 5.65 Å². The highest BCUT2D eigenvalue weighted by Crippen LogP contribution is 2.18. The monoisotopic (exact) mass is 395 g/mol. The van der Waals surface area contributed by atoms with Crippen LogP contribution in [0, 0.1) is 0 Å². The molecule has 1 aromatic carbocycles. The van der Waals surface area contributed by atoms with Crippen molar-refractivity contribution >= 4 is 16.7 Å². The van der Waals surface area contributed by atoms with Crippen LogP contribution in [0.4, 0.5) is 0 Å². The van der Waals surface area contributed by atoms with Gasteiger partial charge in [-0.05, 0) is 25.0 Å². The zero-order chi connectivity index (χ0) is 20.2. The van der Waals surface area contributed by atoms with Crippen molar-refractivity contribution in [2.24, 2.45) is 0 Å². The molecule has 0 aliphatic rings. The molecule has 0 fully saturated rings. The van der Waals surface area contributed by atoms with Crippen molar-refractivity contribution in [3.8, 4) is 0 Å². The van der Waals surface area contributed by atoms with Crippen LogP contribution in [0.1, 0.15) is 109 Å². The molecule has 0 saturated carbocycles. The largest absolute Gasteiger partial charge is 0.296 e. The quantitative estimate of drug-likeness (QED) is 0.243. The Morgan fingerprint density at radius 3 is 1.90 bits per heavy atom. The summed E-state index contributed by atoms with van der Waals surface area (Å²) in [7, 11) is 0. The van der Waals surface area contributed by atoms with E-state index in [0.29, 0.717) is 0 Å². The summed E-state index contributed by atoms with van der Waals surface area (Å²) in [6.45, 7) is 2.29. The molecule has 1 N–H and O–H groups in total. The number of aromatic nitrogens is 3. The summed E-state index contributed by atoms with van der Waals surface area (Å²) in [5.41, 5.74) is 4.60. The van der Waals surface area contributed by atoms with Crippen LogP contribution >= 0.6 is 0 Å². The van der Waals surface area contributed by atoms with Gasteiger partial charge in [0.2, 0.25) is 0 Å². The topological polar surface area (TPSA) is 33.1 Å². The predicted molar refractivity (Wildman–Crippen MR) is 126 cm³/mol. The molecule has 29 heavy (non-hydrogen) atoms. The first-order valence-electron chi connectivity index (χ1n) is 12.3. The Bertz CT molecular complexity index is 814. The van der Waals surface area contributed by atoms with Gasteiger partial charge >= 0.3 is 0 Å². The van der Waals surface area contributed by atoms with Gasteiger partial charge in [-0.3, -0.25) is 5.10 Å². The number of aryl methyl sites for hydroxylation is 1. The maximum atomic E-state index is 4.69. The Hall–Kier alpha value is -1.77. The van der Waals surface area contributed by atoms with Gasteiger partial charge in [-0.15, -0.1) is 0 Å². The van der Waals surface area contributed by atoms with Crippen LogP contribution in [0.2, 0.25) is 0 Å². The van der Waals surface area contributed by atoms with E-state index in [0.717, 1.165) is 17.6 Å². The van der Waals surface area contributed by atoms with E-state index in [4.69, 9.17) is 0 Å². The van der Waals surface area contributed by atoms with E-state index in [1.54, 1.807) is 0 Å². The van der Waals surface area contributed by atoms with Crippen molar-refractivity contribution in [3.05, 3.63) is 36.0 Å². The number of unbranched alkanes of at least 4 members (excludes halogenated alkanes) is 14. The number of nitrogens with one attached hydrogen (secondary N) is 1. The molecule has 0 aliphatic heterocycles. The van der Waals surface area contributed by atoms with Gasteiger partial charge in [-0.25, -0.2) is 9.50 Å². The molecule has 0 amide bonds. The molecule has 0 radical (unpaired) electrons. The number of imidazole rings is 1. The fourth-order valence-corrected chi connectivity index (χ4v) is 4.41. The van der Waals surface area contributed by atoms with E-state index in [9.17, 15) is 0 Å². The highest BCUT2D eigenvalue weighted by atomic mass is 15.3. The highest BCUT2D eigenvalue weighted by molar-refractivity contribution is 5.79. The van der Waals surface area contributed by atoms with Crippen molar-refractivity contribution in [1.82, 2.24) is 14.6 Å². The molecule has 160 valence electrons. The number of aromatic amines is 1. The Morgan fingerprint density at radius 2 is 1.28 bits per heavy atom. The minimum Gasteiger partial charge on any atom is -0.296 e. The van der Waals surface area contributed by atoms with Crippen LogP contribution in [0.15, 0.2) is 30.3 Å². The Labute approximate surface area is 177 Å². The van der Waals surface area contributed by atoms with E-state index < -0.39 is 0 Å². The van der Waals surface area contributed by atoms with E-state index in [2.05, 4.69) is 45.8 Å². The molecular formula is C26H41N3. The first-order valence-corrected chi connectivity index (χ1v) is 12.3. The fourth-order valence-electron chi connectivity index (χ4n) is 4.41. The second-order valence-corrected chi connectivity index (χ2v) is 8.78. The Balaban J connectivity index is 1.16. The molecule has 0 spiro atoms. The average Bonchev–Trinajstić information content (AvgIpc) is 3.28. The van der Waals surface area contributed by atoms with Crippen molar-refractivity contribution in [1.29, 1.82) is 0 Å². The lowest BCUT2D eigenvalue weighted by Crippen LogP contribution is -1.90. The molecule has 3 nitrogen and oxygen atoms in total. The maximum absolute atomic E-state index is 4.69. The summed E-state index contributed by atoms with van der Waals surface area (Å²) in [4.78, 5) is 4.69. The van der Waals surface area contributed by atoms with E-state index in [-0.39, 0.29) is 0 Å². The lowest BCUT2D eigenvalue weighted by Gasteiger charge is -2.03. The summed E-state index contributed by atoms with van der Waals surface area (Å²) in [6, 6.07) is 10.5. The number of nitrogens with zero attached hydrogens (tertiary/aromatic N) is 2. The number of fused-ring (bicyclic) bond motifs is 3. The van der Waals surface area contributed by atoms with Crippen molar-refractivity contribution in [3.63, 3.8) is 0 Å². The van der Waals surface area contributed by atoms with Gasteiger partial charge in [-0.1, -0.05) is 109 Å². The molecule has 0 saturated heterocycles. The van der Waals surface area contributed by atoms with Gasteiger partial charge in [0, 0.05) is 11.8 Å². The molecule has 0 bridgehead atoms.